The molecule has 0 bridgehead atoms. The van der Waals surface area contributed by atoms with Crippen LogP contribution in [0, 0.1) is 5.92 Å². The first-order valence-corrected chi connectivity index (χ1v) is 8.86. The number of imide groups is 1. The topological polar surface area (TPSA) is 54.5 Å². The molecule has 1 aliphatic heterocycles. The van der Waals surface area contributed by atoms with Gasteiger partial charge in [-0.3, -0.25) is 14.5 Å². The molecule has 1 fully saturated rings. The van der Waals surface area contributed by atoms with Gasteiger partial charge in [-0.15, -0.1) is 0 Å². The number of nitrogens with zero attached hydrogens (tertiary/aromatic N) is 1. The lowest BCUT2D eigenvalue weighted by atomic mass is 10.1. The van der Waals surface area contributed by atoms with E-state index in [1.54, 1.807) is 13.8 Å². The van der Waals surface area contributed by atoms with Gasteiger partial charge in [-0.2, -0.15) is 0 Å². The lowest BCUT2D eigenvalue weighted by Gasteiger charge is -2.13. The molecule has 2 amide bonds. The Morgan fingerprint density at radius 2 is 1.50 bits per heavy atom. The molecule has 0 N–H and O–H groups in total. The van der Waals surface area contributed by atoms with Crippen LogP contribution in [0.1, 0.15) is 87.5 Å². The summed E-state index contributed by atoms with van der Waals surface area (Å²) < 4.78 is 0. The van der Waals surface area contributed by atoms with Crippen LogP contribution in [0.4, 0.5) is 0 Å². The minimum absolute atomic E-state index is 0.0448. The number of Topliss-reactive ketones (excluding diaryl/α,β-unsaturated/α-hetero) is 1. The summed E-state index contributed by atoms with van der Waals surface area (Å²) in [5, 5.41) is 0. The number of carbonyl (C=O) groups excluding carboxylic acids is 3. The number of rotatable bonds is 6. The zero-order valence-corrected chi connectivity index (χ0v) is 16.0. The van der Waals surface area contributed by atoms with Crippen LogP contribution in [0.15, 0.2) is 0 Å². The molecule has 0 spiro atoms. The number of hydrogen-bond acceptors (Lipinski definition) is 3. The van der Waals surface area contributed by atoms with Gasteiger partial charge in [-0.25, -0.2) is 0 Å². The van der Waals surface area contributed by atoms with E-state index in [0.29, 0.717) is 19.4 Å². The summed E-state index contributed by atoms with van der Waals surface area (Å²) in [5.74, 6) is -0.0488. The van der Waals surface area contributed by atoms with Crippen molar-refractivity contribution in [3.05, 3.63) is 0 Å². The minimum Gasteiger partial charge on any atom is -0.300 e. The molecular formula is C18H37NO3. The highest BCUT2D eigenvalue weighted by Gasteiger charge is 2.34. The molecule has 0 aromatic rings. The Kier molecular flexibility index (Phi) is 20.9. The zero-order valence-electron chi connectivity index (χ0n) is 16.0. The third-order valence-electron chi connectivity index (χ3n) is 2.88. The van der Waals surface area contributed by atoms with Crippen molar-refractivity contribution >= 4 is 17.6 Å². The molecule has 1 atom stereocenters. The van der Waals surface area contributed by atoms with Crippen LogP contribution in [0.2, 0.25) is 0 Å². The SMILES string of the molecule is CC.CC.CC.CC(=O)CCCCCN1C(=O)CC(C)C1=O. The summed E-state index contributed by atoms with van der Waals surface area (Å²) in [5.41, 5.74) is 0. The van der Waals surface area contributed by atoms with Crippen LogP contribution in [-0.2, 0) is 14.4 Å². The number of hydrogen-bond donors (Lipinski definition) is 0. The van der Waals surface area contributed by atoms with Crippen molar-refractivity contribution in [2.24, 2.45) is 5.92 Å². The van der Waals surface area contributed by atoms with Gasteiger partial charge >= 0.3 is 0 Å². The summed E-state index contributed by atoms with van der Waals surface area (Å²) in [6.45, 7) is 15.9. The van der Waals surface area contributed by atoms with E-state index >= 15 is 0 Å². The van der Waals surface area contributed by atoms with E-state index in [9.17, 15) is 14.4 Å². The van der Waals surface area contributed by atoms with E-state index in [1.165, 1.54) is 4.90 Å². The first-order chi connectivity index (χ1) is 10.5. The van der Waals surface area contributed by atoms with Crippen molar-refractivity contribution in [3.8, 4) is 0 Å². The molecule has 1 saturated heterocycles. The molecule has 132 valence electrons. The van der Waals surface area contributed by atoms with Crippen LogP contribution in [0.25, 0.3) is 0 Å². The third-order valence-corrected chi connectivity index (χ3v) is 2.88. The highest BCUT2D eigenvalue weighted by atomic mass is 16.2. The van der Waals surface area contributed by atoms with Crippen molar-refractivity contribution in [2.45, 2.75) is 87.5 Å². The predicted molar refractivity (Wildman–Crippen MR) is 93.7 cm³/mol. The smallest absolute Gasteiger partial charge is 0.232 e. The Labute approximate surface area is 137 Å². The largest absolute Gasteiger partial charge is 0.300 e. The van der Waals surface area contributed by atoms with E-state index in [1.807, 2.05) is 41.5 Å². The lowest BCUT2D eigenvalue weighted by molar-refractivity contribution is -0.139. The molecule has 0 aromatic heterocycles. The lowest BCUT2D eigenvalue weighted by Crippen LogP contribution is -2.31. The van der Waals surface area contributed by atoms with Gasteiger partial charge < -0.3 is 4.79 Å². The molecular weight excluding hydrogens is 278 g/mol. The third kappa shape index (κ3) is 11.5. The van der Waals surface area contributed by atoms with Crippen LogP contribution in [0.3, 0.4) is 0 Å². The molecule has 4 heteroatoms. The van der Waals surface area contributed by atoms with Crippen LogP contribution >= 0.6 is 0 Å². The molecule has 1 unspecified atom stereocenters. The molecule has 4 nitrogen and oxygen atoms in total. The predicted octanol–water partition coefficient (Wildman–Crippen LogP) is 4.61. The maximum absolute atomic E-state index is 11.5. The highest BCUT2D eigenvalue weighted by molar-refractivity contribution is 6.03. The van der Waals surface area contributed by atoms with E-state index in [2.05, 4.69) is 0 Å². The monoisotopic (exact) mass is 315 g/mol. The standard InChI is InChI=1S/C12H19NO3.3C2H6/c1-9-8-11(15)13(12(9)16)7-5-3-4-6-10(2)14;3*1-2/h9H,3-8H2,1-2H3;3*1-2H3. The molecule has 1 heterocycles. The second kappa shape index (κ2) is 17.9. The van der Waals surface area contributed by atoms with Gasteiger partial charge in [0.2, 0.25) is 11.8 Å². The van der Waals surface area contributed by atoms with E-state index in [4.69, 9.17) is 0 Å². The fourth-order valence-corrected chi connectivity index (χ4v) is 1.90. The highest BCUT2D eigenvalue weighted by Crippen LogP contribution is 2.19. The van der Waals surface area contributed by atoms with Gasteiger partial charge in [0.15, 0.2) is 0 Å². The summed E-state index contributed by atoms with van der Waals surface area (Å²) in [7, 11) is 0. The van der Waals surface area contributed by atoms with Crippen molar-refractivity contribution in [1.29, 1.82) is 0 Å². The molecule has 0 saturated carbocycles. The van der Waals surface area contributed by atoms with Crippen molar-refractivity contribution in [2.75, 3.05) is 6.54 Å². The average molecular weight is 315 g/mol. The molecule has 0 radical (unpaired) electrons. The van der Waals surface area contributed by atoms with E-state index in [0.717, 1.165) is 19.3 Å². The summed E-state index contributed by atoms with van der Waals surface area (Å²) in [4.78, 5) is 35.0. The Morgan fingerprint density at radius 3 is 1.86 bits per heavy atom. The number of unbranched alkanes of at least 4 members (excludes halogenated alkanes) is 2. The Morgan fingerprint density at radius 1 is 1.00 bits per heavy atom. The van der Waals surface area contributed by atoms with Crippen LogP contribution < -0.4 is 0 Å². The summed E-state index contributed by atoms with van der Waals surface area (Å²) in [6, 6.07) is 0. The first-order valence-electron chi connectivity index (χ1n) is 8.86. The fraction of sp³-hybridized carbons (Fsp3) is 0.833. The quantitative estimate of drug-likeness (QED) is 0.531. The first kappa shape index (κ1) is 25.7. The molecule has 22 heavy (non-hydrogen) atoms. The van der Waals surface area contributed by atoms with Crippen molar-refractivity contribution in [3.63, 3.8) is 0 Å². The van der Waals surface area contributed by atoms with Crippen LogP contribution in [-0.4, -0.2) is 29.0 Å². The fourth-order valence-electron chi connectivity index (χ4n) is 1.90. The maximum atomic E-state index is 11.5. The Hall–Kier alpha value is -1.19. The normalized spacial score (nSPS) is 15.8. The van der Waals surface area contributed by atoms with Gasteiger partial charge in [0, 0.05) is 25.3 Å². The van der Waals surface area contributed by atoms with Crippen LogP contribution in [0.5, 0.6) is 0 Å². The van der Waals surface area contributed by atoms with Crippen molar-refractivity contribution < 1.29 is 14.4 Å². The summed E-state index contributed by atoms with van der Waals surface area (Å²) >= 11 is 0. The van der Waals surface area contributed by atoms with E-state index < -0.39 is 0 Å². The Bertz CT molecular complexity index is 301. The van der Waals surface area contributed by atoms with Gasteiger partial charge in [-0.1, -0.05) is 54.9 Å². The minimum atomic E-state index is -0.148. The number of carbonyl (C=O) groups is 3. The average Bonchev–Trinajstić information content (AvgIpc) is 2.78. The maximum Gasteiger partial charge on any atom is 0.232 e. The number of ketones is 1. The van der Waals surface area contributed by atoms with Gasteiger partial charge in [-0.05, 0) is 19.8 Å². The molecule has 1 rings (SSSR count). The zero-order chi connectivity index (χ0) is 18.1. The Balaban J connectivity index is -0.000000535. The number of amides is 2. The van der Waals surface area contributed by atoms with Gasteiger partial charge in [0.25, 0.3) is 0 Å². The molecule has 0 aromatic carbocycles. The molecule has 0 aliphatic carbocycles. The van der Waals surface area contributed by atoms with Crippen molar-refractivity contribution in [1.82, 2.24) is 4.90 Å². The van der Waals surface area contributed by atoms with Gasteiger partial charge in [0.05, 0.1) is 0 Å². The second-order valence-electron chi connectivity index (χ2n) is 4.50. The second-order valence-corrected chi connectivity index (χ2v) is 4.50. The van der Waals surface area contributed by atoms with E-state index in [-0.39, 0.29) is 23.5 Å². The summed E-state index contributed by atoms with van der Waals surface area (Å²) in [6.07, 6.45) is 3.49. The van der Waals surface area contributed by atoms with Gasteiger partial charge in [0.1, 0.15) is 5.78 Å². The number of likely N-dealkylation sites (tertiary alicyclic amines) is 1. The molecule has 1 aliphatic rings.